The van der Waals surface area contributed by atoms with Gasteiger partial charge < -0.3 is 20.1 Å². The largest absolute Gasteiger partial charge is 0.352 e. The fourth-order valence-corrected chi connectivity index (χ4v) is 4.40. The van der Waals surface area contributed by atoms with Crippen LogP contribution in [0.4, 0.5) is 5.69 Å². The monoisotopic (exact) mass is 433 g/mol. The topological polar surface area (TPSA) is 62.2 Å². The first-order valence-corrected chi connectivity index (χ1v) is 10.8. The molecular weight excluding hydrogens is 406 g/mol. The van der Waals surface area contributed by atoms with Gasteiger partial charge in [-0.3, -0.25) is 9.78 Å². The fraction of sp³-hybridized carbons (Fsp3) is 0.292. The van der Waals surface area contributed by atoms with Crippen LogP contribution in [0.1, 0.15) is 41.1 Å². The van der Waals surface area contributed by atoms with Crippen molar-refractivity contribution in [3.63, 3.8) is 0 Å². The number of hydrogen-bond donors (Lipinski definition) is 2. The van der Waals surface area contributed by atoms with E-state index in [1.807, 2.05) is 49.4 Å². The molecule has 7 heteroatoms. The van der Waals surface area contributed by atoms with Gasteiger partial charge in [-0.05, 0) is 68.0 Å². The van der Waals surface area contributed by atoms with Crippen molar-refractivity contribution >= 4 is 28.9 Å². The number of carbonyl (C=O) groups excluding carboxylic acids is 1. The van der Waals surface area contributed by atoms with E-state index in [0.29, 0.717) is 18.1 Å². The Labute approximate surface area is 188 Å². The van der Waals surface area contributed by atoms with E-state index in [0.717, 1.165) is 22.6 Å². The van der Waals surface area contributed by atoms with Gasteiger partial charge in [-0.15, -0.1) is 0 Å². The van der Waals surface area contributed by atoms with Gasteiger partial charge in [0.05, 0.1) is 17.8 Å². The zero-order valence-electron chi connectivity index (χ0n) is 18.0. The number of aromatic nitrogens is 2. The number of carbonyl (C=O) groups is 1. The molecule has 3 heterocycles. The van der Waals surface area contributed by atoms with Gasteiger partial charge in [0, 0.05) is 43.3 Å². The summed E-state index contributed by atoms with van der Waals surface area (Å²) in [6, 6.07) is 17.8. The van der Waals surface area contributed by atoms with E-state index in [9.17, 15) is 4.79 Å². The fourth-order valence-electron chi connectivity index (χ4n) is 4.07. The first-order valence-electron chi connectivity index (χ1n) is 10.4. The van der Waals surface area contributed by atoms with E-state index in [-0.39, 0.29) is 18.0 Å². The number of anilines is 1. The van der Waals surface area contributed by atoms with E-state index < -0.39 is 0 Å². The molecule has 1 aliphatic heterocycles. The molecule has 0 unspecified atom stereocenters. The maximum Gasteiger partial charge on any atom is 0.226 e. The molecule has 2 aromatic heterocycles. The molecule has 0 bridgehead atoms. The Kier molecular flexibility index (Phi) is 6.04. The minimum absolute atomic E-state index is 0.0310. The molecule has 0 saturated carbocycles. The number of benzene rings is 1. The van der Waals surface area contributed by atoms with Crippen LogP contribution < -0.4 is 10.6 Å². The van der Waals surface area contributed by atoms with Crippen molar-refractivity contribution in [2.75, 3.05) is 11.9 Å². The van der Waals surface area contributed by atoms with Crippen molar-refractivity contribution in [3.8, 4) is 0 Å². The van der Waals surface area contributed by atoms with Crippen LogP contribution in [0.3, 0.4) is 0 Å². The predicted octanol–water partition coefficient (Wildman–Crippen LogP) is 4.04. The smallest absolute Gasteiger partial charge is 0.226 e. The normalized spacial score (nSPS) is 18.2. The first kappa shape index (κ1) is 21.1. The molecule has 0 aliphatic carbocycles. The number of aryl methyl sites for hydroxylation is 2. The Morgan fingerprint density at radius 1 is 1.16 bits per heavy atom. The van der Waals surface area contributed by atoms with E-state index in [4.69, 9.17) is 12.2 Å². The maximum atomic E-state index is 12.6. The highest BCUT2D eigenvalue weighted by atomic mass is 32.1. The molecule has 2 atom stereocenters. The second-order valence-electron chi connectivity index (χ2n) is 7.95. The van der Waals surface area contributed by atoms with Crippen LogP contribution in [0.15, 0.2) is 60.8 Å². The van der Waals surface area contributed by atoms with Gasteiger partial charge in [-0.1, -0.05) is 18.2 Å². The van der Waals surface area contributed by atoms with Crippen LogP contribution in [0, 0.1) is 13.8 Å². The Bertz CT molecular complexity index is 1090. The number of thiocarbonyl (C=S) groups is 1. The average molecular weight is 434 g/mol. The third kappa shape index (κ3) is 4.46. The summed E-state index contributed by atoms with van der Waals surface area (Å²) in [4.78, 5) is 19.3. The minimum Gasteiger partial charge on any atom is -0.352 e. The summed E-state index contributed by atoms with van der Waals surface area (Å²) in [5.74, 6) is -0.0310. The molecular formula is C24H27N5OS. The quantitative estimate of drug-likeness (QED) is 0.575. The lowest BCUT2D eigenvalue weighted by Crippen LogP contribution is -2.33. The van der Waals surface area contributed by atoms with Crippen LogP contribution in [0.25, 0.3) is 0 Å². The highest BCUT2D eigenvalue weighted by Crippen LogP contribution is 2.38. The maximum absolute atomic E-state index is 12.6. The number of pyridine rings is 1. The SMILES string of the molecule is Cc1cccc(NC(=O)CCN2C(=S)N[C@@H](c3ccccn3)[C@@H]2c2ccc(C)n2C)c1. The Morgan fingerprint density at radius 3 is 2.68 bits per heavy atom. The molecule has 3 aromatic rings. The van der Waals surface area contributed by atoms with E-state index in [1.54, 1.807) is 6.20 Å². The summed E-state index contributed by atoms with van der Waals surface area (Å²) in [5, 5.41) is 7.07. The molecule has 1 saturated heterocycles. The van der Waals surface area contributed by atoms with Gasteiger partial charge in [0.15, 0.2) is 5.11 Å². The van der Waals surface area contributed by atoms with Crippen LogP contribution in [-0.2, 0) is 11.8 Å². The van der Waals surface area contributed by atoms with E-state index in [1.165, 1.54) is 5.69 Å². The van der Waals surface area contributed by atoms with Crippen LogP contribution >= 0.6 is 12.2 Å². The zero-order valence-corrected chi connectivity index (χ0v) is 18.8. The molecule has 1 aromatic carbocycles. The van der Waals surface area contributed by atoms with Gasteiger partial charge in [-0.25, -0.2) is 0 Å². The van der Waals surface area contributed by atoms with Gasteiger partial charge in [-0.2, -0.15) is 0 Å². The van der Waals surface area contributed by atoms with Gasteiger partial charge >= 0.3 is 0 Å². The van der Waals surface area contributed by atoms with Gasteiger partial charge in [0.1, 0.15) is 0 Å². The first-order chi connectivity index (χ1) is 14.9. The highest BCUT2D eigenvalue weighted by molar-refractivity contribution is 7.80. The summed E-state index contributed by atoms with van der Waals surface area (Å²) in [7, 11) is 2.06. The highest BCUT2D eigenvalue weighted by Gasteiger charge is 2.41. The number of nitrogens with zero attached hydrogens (tertiary/aromatic N) is 3. The average Bonchev–Trinajstić information content (AvgIpc) is 3.25. The Morgan fingerprint density at radius 2 is 2.00 bits per heavy atom. The summed E-state index contributed by atoms with van der Waals surface area (Å²) in [5.41, 5.74) is 5.16. The predicted molar refractivity (Wildman–Crippen MR) is 127 cm³/mol. The molecule has 6 nitrogen and oxygen atoms in total. The molecule has 0 spiro atoms. The summed E-state index contributed by atoms with van der Waals surface area (Å²) in [6.07, 6.45) is 2.13. The molecule has 1 fully saturated rings. The Balaban J connectivity index is 1.55. The summed E-state index contributed by atoms with van der Waals surface area (Å²) in [6.45, 7) is 4.61. The zero-order chi connectivity index (χ0) is 22.0. The lowest BCUT2D eigenvalue weighted by Gasteiger charge is -2.28. The lowest BCUT2D eigenvalue weighted by molar-refractivity contribution is -0.116. The van der Waals surface area contributed by atoms with Crippen LogP contribution in [-0.4, -0.2) is 32.0 Å². The van der Waals surface area contributed by atoms with Crippen molar-refractivity contribution in [3.05, 3.63) is 83.4 Å². The van der Waals surface area contributed by atoms with E-state index in [2.05, 4.69) is 51.2 Å². The molecule has 1 amide bonds. The van der Waals surface area contributed by atoms with Crippen molar-refractivity contribution in [2.24, 2.45) is 7.05 Å². The van der Waals surface area contributed by atoms with Gasteiger partial charge in [0.2, 0.25) is 5.91 Å². The lowest BCUT2D eigenvalue weighted by atomic mass is 10.0. The summed E-state index contributed by atoms with van der Waals surface area (Å²) >= 11 is 5.69. The van der Waals surface area contributed by atoms with Gasteiger partial charge in [0.25, 0.3) is 0 Å². The second-order valence-corrected chi connectivity index (χ2v) is 8.33. The van der Waals surface area contributed by atoms with Crippen molar-refractivity contribution in [2.45, 2.75) is 32.4 Å². The number of nitrogens with one attached hydrogen (secondary N) is 2. The molecule has 2 N–H and O–H groups in total. The van der Waals surface area contributed by atoms with Crippen LogP contribution in [0.5, 0.6) is 0 Å². The van der Waals surface area contributed by atoms with Crippen molar-refractivity contribution in [1.29, 1.82) is 0 Å². The molecule has 0 radical (unpaired) electrons. The van der Waals surface area contributed by atoms with Crippen LogP contribution in [0.2, 0.25) is 0 Å². The van der Waals surface area contributed by atoms with Crippen molar-refractivity contribution in [1.82, 2.24) is 19.8 Å². The Hall–Kier alpha value is -3.19. The number of amides is 1. The number of hydrogen-bond acceptors (Lipinski definition) is 3. The standard InChI is InChI=1S/C24H27N5OS/c1-16-7-6-8-18(15-16)26-21(30)12-14-29-23(20-11-10-17(2)28(20)3)22(27-24(29)31)19-9-4-5-13-25-19/h4-11,13,15,22-23H,12,14H2,1-3H3,(H,26,30)(H,27,31)/t22-,23-/m0/s1. The second kappa shape index (κ2) is 8.89. The molecule has 31 heavy (non-hydrogen) atoms. The third-order valence-electron chi connectivity index (χ3n) is 5.79. The van der Waals surface area contributed by atoms with E-state index >= 15 is 0 Å². The summed E-state index contributed by atoms with van der Waals surface area (Å²) < 4.78 is 2.18. The number of rotatable bonds is 6. The third-order valence-corrected chi connectivity index (χ3v) is 6.15. The molecule has 160 valence electrons. The molecule has 4 rings (SSSR count). The molecule has 1 aliphatic rings. The minimum atomic E-state index is -0.0819. The van der Waals surface area contributed by atoms with Crippen molar-refractivity contribution < 1.29 is 4.79 Å².